The van der Waals surface area contributed by atoms with Crippen LogP contribution in [0, 0.1) is 12.8 Å². The molecule has 0 amide bonds. The number of hydrogen-bond acceptors (Lipinski definition) is 5. The lowest BCUT2D eigenvalue weighted by molar-refractivity contribution is 0.157. The van der Waals surface area contributed by atoms with E-state index in [0.29, 0.717) is 24.2 Å². The molecule has 1 fully saturated rings. The van der Waals surface area contributed by atoms with Crippen molar-refractivity contribution >= 4 is 29.9 Å². The number of nitrogens with zero attached hydrogens (tertiary/aromatic N) is 4. The molecule has 2 heterocycles. The molecule has 0 radical (unpaired) electrons. The van der Waals surface area contributed by atoms with Gasteiger partial charge in [0.05, 0.1) is 13.2 Å². The van der Waals surface area contributed by atoms with E-state index in [-0.39, 0.29) is 24.0 Å². The van der Waals surface area contributed by atoms with Gasteiger partial charge in [-0.15, -0.1) is 24.0 Å². The van der Waals surface area contributed by atoms with Gasteiger partial charge < -0.3 is 19.5 Å². The molecule has 1 aliphatic rings. The van der Waals surface area contributed by atoms with Crippen LogP contribution in [-0.4, -0.2) is 54.9 Å². The minimum atomic E-state index is 0. The zero-order valence-corrected chi connectivity index (χ0v) is 14.5. The first kappa shape index (κ1) is 17.2. The molecule has 0 spiro atoms. The zero-order chi connectivity index (χ0) is 13.7. The summed E-state index contributed by atoms with van der Waals surface area (Å²) in [7, 11) is 3.53. The zero-order valence-electron chi connectivity index (χ0n) is 12.1. The SMILES string of the molecule is CN=C(NCc1noc(C)n1)N1CCC(COC)C1.I. The molecule has 1 N–H and O–H groups in total. The molecule has 0 bridgehead atoms. The van der Waals surface area contributed by atoms with Gasteiger partial charge in [0.15, 0.2) is 11.8 Å². The summed E-state index contributed by atoms with van der Waals surface area (Å²) in [4.78, 5) is 10.7. The van der Waals surface area contributed by atoms with Crippen LogP contribution < -0.4 is 5.32 Å². The van der Waals surface area contributed by atoms with Crippen LogP contribution in [0.25, 0.3) is 0 Å². The number of ether oxygens (including phenoxy) is 1. The number of halogens is 1. The molecule has 7 nitrogen and oxygen atoms in total. The predicted molar refractivity (Wildman–Crippen MR) is 86.2 cm³/mol. The van der Waals surface area contributed by atoms with E-state index in [0.717, 1.165) is 32.1 Å². The monoisotopic (exact) mass is 395 g/mol. The Balaban J connectivity index is 0.00000200. The highest BCUT2D eigenvalue weighted by atomic mass is 127. The second-order valence-corrected chi connectivity index (χ2v) is 4.69. The molecule has 1 aromatic heterocycles. The van der Waals surface area contributed by atoms with Crippen molar-refractivity contribution < 1.29 is 9.26 Å². The maximum absolute atomic E-state index is 5.20. The maximum Gasteiger partial charge on any atom is 0.223 e. The van der Waals surface area contributed by atoms with Crippen molar-refractivity contribution in [1.29, 1.82) is 0 Å². The lowest BCUT2D eigenvalue weighted by Gasteiger charge is -2.21. The Morgan fingerprint density at radius 2 is 2.40 bits per heavy atom. The lowest BCUT2D eigenvalue weighted by atomic mass is 10.1. The predicted octanol–water partition coefficient (Wildman–Crippen LogP) is 1.04. The molecule has 0 aromatic carbocycles. The first-order chi connectivity index (χ1) is 9.22. The Bertz CT molecular complexity index is 437. The minimum absolute atomic E-state index is 0. The largest absolute Gasteiger partial charge is 0.384 e. The van der Waals surface area contributed by atoms with E-state index >= 15 is 0 Å². The smallest absolute Gasteiger partial charge is 0.223 e. The molecule has 2 rings (SSSR count). The van der Waals surface area contributed by atoms with Crippen molar-refractivity contribution in [2.24, 2.45) is 10.9 Å². The van der Waals surface area contributed by atoms with Crippen LogP contribution >= 0.6 is 24.0 Å². The van der Waals surface area contributed by atoms with Gasteiger partial charge in [0, 0.05) is 40.1 Å². The Morgan fingerprint density at radius 1 is 1.60 bits per heavy atom. The van der Waals surface area contributed by atoms with E-state index in [1.807, 2.05) is 0 Å². The summed E-state index contributed by atoms with van der Waals surface area (Å²) in [5, 5.41) is 7.10. The molecule has 0 saturated carbocycles. The number of nitrogens with one attached hydrogen (secondary N) is 1. The minimum Gasteiger partial charge on any atom is -0.384 e. The number of aromatic nitrogens is 2. The lowest BCUT2D eigenvalue weighted by Crippen LogP contribution is -2.40. The summed E-state index contributed by atoms with van der Waals surface area (Å²) in [5.74, 6) is 2.68. The normalized spacial score (nSPS) is 19.1. The molecule has 1 atom stereocenters. The molecule has 8 heteroatoms. The molecule has 20 heavy (non-hydrogen) atoms. The van der Waals surface area contributed by atoms with Crippen LogP contribution in [0.15, 0.2) is 9.52 Å². The van der Waals surface area contributed by atoms with Gasteiger partial charge in [0.2, 0.25) is 5.89 Å². The average molecular weight is 395 g/mol. The van der Waals surface area contributed by atoms with Crippen LogP contribution in [0.3, 0.4) is 0 Å². The number of aryl methyl sites for hydroxylation is 1. The summed E-state index contributed by atoms with van der Waals surface area (Å²) < 4.78 is 10.1. The third-order valence-electron chi connectivity index (χ3n) is 3.17. The van der Waals surface area contributed by atoms with Crippen LogP contribution in [0.1, 0.15) is 18.1 Å². The van der Waals surface area contributed by atoms with Gasteiger partial charge in [-0.05, 0) is 6.42 Å². The third kappa shape index (κ3) is 4.58. The van der Waals surface area contributed by atoms with E-state index in [4.69, 9.17) is 9.26 Å². The van der Waals surface area contributed by atoms with Gasteiger partial charge in [-0.3, -0.25) is 4.99 Å². The molecule has 1 aliphatic heterocycles. The van der Waals surface area contributed by atoms with Crippen molar-refractivity contribution in [3.8, 4) is 0 Å². The molecule has 114 valence electrons. The highest BCUT2D eigenvalue weighted by molar-refractivity contribution is 14.0. The number of methoxy groups -OCH3 is 1. The fourth-order valence-corrected chi connectivity index (χ4v) is 2.30. The summed E-state index contributed by atoms with van der Waals surface area (Å²) in [6.07, 6.45) is 1.13. The number of hydrogen-bond donors (Lipinski definition) is 1. The fraction of sp³-hybridized carbons (Fsp3) is 0.750. The van der Waals surface area contributed by atoms with Crippen molar-refractivity contribution in [3.63, 3.8) is 0 Å². The van der Waals surface area contributed by atoms with Gasteiger partial charge in [0.1, 0.15) is 0 Å². The standard InChI is InChI=1S/C12H21N5O2.HI/c1-9-15-11(16-19-9)6-14-12(13-2)17-5-4-10(7-17)8-18-3;/h10H,4-8H2,1-3H3,(H,13,14);1H. The molecule has 1 saturated heterocycles. The quantitative estimate of drug-likeness (QED) is 0.467. The van der Waals surface area contributed by atoms with Crippen LogP contribution in [0.5, 0.6) is 0 Å². The number of aliphatic imine (C=N–C) groups is 1. The molecule has 1 unspecified atom stereocenters. The molecule has 0 aliphatic carbocycles. The van der Waals surface area contributed by atoms with Gasteiger partial charge >= 0.3 is 0 Å². The topological polar surface area (TPSA) is 75.8 Å². The van der Waals surface area contributed by atoms with Crippen LogP contribution in [-0.2, 0) is 11.3 Å². The average Bonchev–Trinajstić information content (AvgIpc) is 3.01. The molecule has 1 aromatic rings. The van der Waals surface area contributed by atoms with E-state index in [9.17, 15) is 0 Å². The van der Waals surface area contributed by atoms with Gasteiger partial charge in [-0.2, -0.15) is 4.98 Å². The highest BCUT2D eigenvalue weighted by Crippen LogP contribution is 2.16. The number of guanidine groups is 1. The maximum atomic E-state index is 5.20. The van der Waals surface area contributed by atoms with E-state index in [1.54, 1.807) is 21.1 Å². The van der Waals surface area contributed by atoms with Gasteiger partial charge in [-0.1, -0.05) is 5.16 Å². The second-order valence-electron chi connectivity index (χ2n) is 4.69. The van der Waals surface area contributed by atoms with Crippen molar-refractivity contribution in [2.45, 2.75) is 19.9 Å². The second kappa shape index (κ2) is 8.40. The highest BCUT2D eigenvalue weighted by Gasteiger charge is 2.24. The summed E-state index contributed by atoms with van der Waals surface area (Å²) >= 11 is 0. The first-order valence-electron chi connectivity index (χ1n) is 6.46. The molecular formula is C12H22IN5O2. The van der Waals surface area contributed by atoms with Crippen molar-refractivity contribution in [3.05, 3.63) is 11.7 Å². The Kier molecular flexibility index (Phi) is 7.20. The van der Waals surface area contributed by atoms with E-state index in [2.05, 4.69) is 25.3 Å². The Morgan fingerprint density at radius 3 is 3.00 bits per heavy atom. The third-order valence-corrected chi connectivity index (χ3v) is 3.17. The van der Waals surface area contributed by atoms with Gasteiger partial charge in [0.25, 0.3) is 0 Å². The molecular weight excluding hydrogens is 373 g/mol. The summed E-state index contributed by atoms with van der Waals surface area (Å²) in [5.41, 5.74) is 0. The fourth-order valence-electron chi connectivity index (χ4n) is 2.30. The van der Waals surface area contributed by atoms with Crippen LogP contribution in [0.4, 0.5) is 0 Å². The summed E-state index contributed by atoms with van der Waals surface area (Å²) in [6.45, 7) is 5.08. The number of likely N-dealkylation sites (tertiary alicyclic amines) is 1. The Labute approximate surface area is 136 Å². The van der Waals surface area contributed by atoms with Crippen molar-refractivity contribution in [2.75, 3.05) is 33.9 Å². The first-order valence-corrected chi connectivity index (χ1v) is 6.46. The van der Waals surface area contributed by atoms with Gasteiger partial charge in [-0.25, -0.2) is 0 Å². The summed E-state index contributed by atoms with van der Waals surface area (Å²) in [6, 6.07) is 0. The van der Waals surface area contributed by atoms with E-state index in [1.165, 1.54) is 0 Å². The Hall–Kier alpha value is -0.900. The van der Waals surface area contributed by atoms with Crippen LogP contribution in [0.2, 0.25) is 0 Å². The van der Waals surface area contributed by atoms with Crippen molar-refractivity contribution in [1.82, 2.24) is 20.4 Å². The number of rotatable bonds is 4. The van der Waals surface area contributed by atoms with E-state index < -0.39 is 0 Å².